The van der Waals surface area contributed by atoms with Crippen molar-refractivity contribution in [3.63, 3.8) is 0 Å². The van der Waals surface area contributed by atoms with Gasteiger partial charge in [0.05, 0.1) is 25.2 Å². The summed E-state index contributed by atoms with van der Waals surface area (Å²) < 4.78 is 11.6. The van der Waals surface area contributed by atoms with E-state index in [0.717, 1.165) is 38.5 Å². The lowest BCUT2D eigenvalue weighted by atomic mass is 9.71. The number of esters is 1. The van der Waals surface area contributed by atoms with Crippen molar-refractivity contribution in [2.75, 3.05) is 13.2 Å². The molecule has 0 N–H and O–H groups in total. The molecule has 0 aromatic rings. The van der Waals surface area contributed by atoms with E-state index in [9.17, 15) is 4.79 Å². The summed E-state index contributed by atoms with van der Waals surface area (Å²) >= 11 is 0. The molecule has 1 saturated heterocycles. The second-order valence-corrected chi connectivity index (χ2v) is 8.81. The Morgan fingerprint density at radius 1 is 1.35 bits per heavy atom. The Kier molecular flexibility index (Phi) is 4.97. The van der Waals surface area contributed by atoms with Gasteiger partial charge in [0.25, 0.3) is 0 Å². The third-order valence-electron chi connectivity index (χ3n) is 7.29. The molecule has 3 nitrogen and oxygen atoms in total. The fourth-order valence-electron chi connectivity index (χ4n) is 5.48. The van der Waals surface area contributed by atoms with Gasteiger partial charge < -0.3 is 9.47 Å². The maximum absolute atomic E-state index is 12.2. The monoisotopic (exact) mass is 354 g/mol. The number of hydrogen-bond acceptors (Lipinski definition) is 3. The first-order valence-corrected chi connectivity index (χ1v) is 10.2. The average molecular weight is 354 g/mol. The largest absolute Gasteiger partial charge is 0.465 e. The van der Waals surface area contributed by atoms with Gasteiger partial charge in [-0.2, -0.15) is 0 Å². The molecule has 3 heteroatoms. The fourth-order valence-corrected chi connectivity index (χ4v) is 5.48. The van der Waals surface area contributed by atoms with Gasteiger partial charge in [-0.1, -0.05) is 30.2 Å². The number of carbonyl (C=O) groups excluding carboxylic acids is 1. The predicted molar refractivity (Wildman–Crippen MR) is 101 cm³/mol. The molecule has 1 saturated carbocycles. The van der Waals surface area contributed by atoms with Gasteiger partial charge in [0.15, 0.2) is 0 Å². The van der Waals surface area contributed by atoms with Crippen molar-refractivity contribution in [1.29, 1.82) is 0 Å². The zero-order valence-corrected chi connectivity index (χ0v) is 15.7. The maximum atomic E-state index is 12.2. The molecule has 4 rings (SSSR count). The highest BCUT2D eigenvalue weighted by Gasteiger charge is 2.47. The van der Waals surface area contributed by atoms with Crippen molar-refractivity contribution in [2.24, 2.45) is 35.0 Å². The summed E-state index contributed by atoms with van der Waals surface area (Å²) in [4.78, 5) is 12.2. The molecule has 0 aromatic heterocycles. The summed E-state index contributed by atoms with van der Waals surface area (Å²) in [5.74, 6) is 4.72. The first-order chi connectivity index (χ1) is 12.6. The summed E-state index contributed by atoms with van der Waals surface area (Å²) in [5.41, 5.74) is -0.0816. The minimum absolute atomic E-state index is 0.0193. The van der Waals surface area contributed by atoms with Gasteiger partial charge in [0, 0.05) is 17.3 Å². The Labute approximate surface area is 157 Å². The van der Waals surface area contributed by atoms with Crippen LogP contribution in [0.15, 0.2) is 24.3 Å². The van der Waals surface area contributed by atoms with Crippen LogP contribution in [-0.2, 0) is 14.3 Å². The fraction of sp³-hybridized carbons (Fsp3) is 0.696. The van der Waals surface area contributed by atoms with Crippen molar-refractivity contribution in [2.45, 2.75) is 51.6 Å². The Morgan fingerprint density at radius 3 is 3.08 bits per heavy atom. The molecular formula is C23H30O3. The van der Waals surface area contributed by atoms with Crippen LogP contribution in [0.25, 0.3) is 0 Å². The summed E-state index contributed by atoms with van der Waals surface area (Å²) in [5, 5.41) is 0. The maximum Gasteiger partial charge on any atom is 0.309 e. The lowest BCUT2D eigenvalue weighted by molar-refractivity contribution is -0.143. The van der Waals surface area contributed by atoms with Crippen LogP contribution in [0.3, 0.4) is 0 Å². The quantitative estimate of drug-likeness (QED) is 0.432. The lowest BCUT2D eigenvalue weighted by Gasteiger charge is -2.34. The van der Waals surface area contributed by atoms with Crippen LogP contribution >= 0.6 is 0 Å². The number of hydrogen-bond donors (Lipinski definition) is 0. The summed E-state index contributed by atoms with van der Waals surface area (Å²) in [6.07, 6.45) is 21.5. The van der Waals surface area contributed by atoms with E-state index >= 15 is 0 Å². The van der Waals surface area contributed by atoms with Crippen molar-refractivity contribution >= 4 is 5.97 Å². The number of carbonyl (C=O) groups is 1. The molecule has 7 atom stereocenters. The highest BCUT2D eigenvalue weighted by atomic mass is 16.5. The molecule has 7 unspecified atom stereocenters. The highest BCUT2D eigenvalue weighted by molar-refractivity contribution is 5.76. The normalized spacial score (nSPS) is 44.5. The molecule has 0 spiro atoms. The third kappa shape index (κ3) is 3.25. The number of ether oxygens (including phenoxy) is 2. The van der Waals surface area contributed by atoms with E-state index in [2.05, 4.69) is 37.1 Å². The van der Waals surface area contributed by atoms with Gasteiger partial charge in [-0.05, 0) is 57.3 Å². The van der Waals surface area contributed by atoms with Gasteiger partial charge in [0.2, 0.25) is 0 Å². The average Bonchev–Trinajstić information content (AvgIpc) is 3.28. The molecule has 0 amide bonds. The van der Waals surface area contributed by atoms with Gasteiger partial charge in [-0.15, -0.1) is 6.42 Å². The molecule has 2 fully saturated rings. The molecule has 140 valence electrons. The minimum atomic E-state index is -0.0816. The summed E-state index contributed by atoms with van der Waals surface area (Å²) in [6, 6.07) is 0. The van der Waals surface area contributed by atoms with Gasteiger partial charge >= 0.3 is 5.97 Å². The molecule has 4 aliphatic rings. The Balaban J connectivity index is 1.34. The van der Waals surface area contributed by atoms with Gasteiger partial charge in [0.1, 0.15) is 0 Å². The zero-order chi connectivity index (χ0) is 18.1. The Morgan fingerprint density at radius 2 is 2.23 bits per heavy atom. The van der Waals surface area contributed by atoms with Crippen LogP contribution in [0, 0.1) is 47.3 Å². The molecule has 0 bridgehead atoms. The van der Waals surface area contributed by atoms with E-state index in [-0.39, 0.29) is 17.3 Å². The van der Waals surface area contributed by atoms with Gasteiger partial charge in [-0.3, -0.25) is 4.79 Å². The summed E-state index contributed by atoms with van der Waals surface area (Å²) in [6.45, 7) is 3.47. The van der Waals surface area contributed by atoms with E-state index in [1.165, 1.54) is 0 Å². The molecule has 0 aromatic carbocycles. The third-order valence-corrected chi connectivity index (χ3v) is 7.29. The van der Waals surface area contributed by atoms with Crippen molar-refractivity contribution in [3.8, 4) is 12.3 Å². The van der Waals surface area contributed by atoms with Crippen LogP contribution < -0.4 is 0 Å². The lowest BCUT2D eigenvalue weighted by Crippen LogP contribution is -2.33. The zero-order valence-electron chi connectivity index (χ0n) is 15.7. The van der Waals surface area contributed by atoms with Crippen molar-refractivity contribution in [3.05, 3.63) is 24.3 Å². The molecule has 26 heavy (non-hydrogen) atoms. The van der Waals surface area contributed by atoms with Crippen molar-refractivity contribution in [1.82, 2.24) is 0 Å². The van der Waals surface area contributed by atoms with E-state index in [1.54, 1.807) is 0 Å². The molecule has 0 radical (unpaired) electrons. The Hall–Kier alpha value is -1.53. The number of fused-ring (bicyclic) bond motifs is 1. The number of rotatable bonds is 4. The number of cyclic esters (lactones) is 1. The molecule has 3 aliphatic carbocycles. The number of terminal acetylenes is 1. The second kappa shape index (κ2) is 7.24. The molecular weight excluding hydrogens is 324 g/mol. The van der Waals surface area contributed by atoms with Crippen molar-refractivity contribution < 1.29 is 14.3 Å². The van der Waals surface area contributed by atoms with E-state index in [1.807, 2.05) is 0 Å². The molecule has 1 heterocycles. The highest BCUT2D eigenvalue weighted by Crippen LogP contribution is 2.46. The predicted octanol–water partition coefficient (Wildman–Crippen LogP) is 4.14. The molecule has 1 aliphatic heterocycles. The van der Waals surface area contributed by atoms with E-state index in [4.69, 9.17) is 15.9 Å². The van der Waals surface area contributed by atoms with E-state index in [0.29, 0.717) is 43.0 Å². The first-order valence-electron chi connectivity index (χ1n) is 10.2. The second-order valence-electron chi connectivity index (χ2n) is 8.81. The van der Waals surface area contributed by atoms with Crippen LogP contribution in [0.1, 0.15) is 45.4 Å². The Bertz CT molecular complexity index is 642. The van der Waals surface area contributed by atoms with E-state index < -0.39 is 0 Å². The standard InChI is InChI=1S/C23H30O3/c1-3-23(2)12-5-4-8-18(23)15-25-19-11-10-16(13-19)20-9-6-7-17-14-26-22(24)21(17)20/h1,4,6-8,16-21H,5,9-15H2,2H3. The topological polar surface area (TPSA) is 35.5 Å². The minimum Gasteiger partial charge on any atom is -0.465 e. The first kappa shape index (κ1) is 17.9. The van der Waals surface area contributed by atoms with Crippen LogP contribution in [0.4, 0.5) is 0 Å². The summed E-state index contributed by atoms with van der Waals surface area (Å²) in [7, 11) is 0. The van der Waals surface area contributed by atoms with Crippen LogP contribution in [-0.4, -0.2) is 25.3 Å². The number of allylic oxidation sites excluding steroid dienone is 2. The van der Waals surface area contributed by atoms with Crippen LogP contribution in [0.5, 0.6) is 0 Å². The SMILES string of the molecule is C#CC1(C)CCC=CC1COC1CCC(C2CC=CC3COC(=O)C32)C1. The smallest absolute Gasteiger partial charge is 0.309 e. The van der Waals surface area contributed by atoms with Gasteiger partial charge in [-0.25, -0.2) is 0 Å². The van der Waals surface area contributed by atoms with Crippen LogP contribution in [0.2, 0.25) is 0 Å².